The smallest absolute Gasteiger partial charge is 0.256 e. The molecule has 3 rings (SSSR count). The zero-order valence-electron chi connectivity index (χ0n) is 15.1. The Morgan fingerprint density at radius 3 is 2.44 bits per heavy atom. The summed E-state index contributed by atoms with van der Waals surface area (Å²) in [6.07, 6.45) is 5.18. The Morgan fingerprint density at radius 2 is 1.78 bits per heavy atom. The molecule has 27 heavy (non-hydrogen) atoms. The Hall–Kier alpha value is -3.61. The van der Waals surface area contributed by atoms with Gasteiger partial charge in [-0.25, -0.2) is 4.98 Å². The molecule has 3 aromatic rings. The molecule has 1 aromatic carbocycles. The molecule has 0 radical (unpaired) electrons. The molecule has 2 aromatic heterocycles. The summed E-state index contributed by atoms with van der Waals surface area (Å²) in [5.41, 5.74) is 2.43. The molecule has 138 valence electrons. The summed E-state index contributed by atoms with van der Waals surface area (Å²) in [6.45, 7) is 0.668. The van der Waals surface area contributed by atoms with Gasteiger partial charge in [-0.1, -0.05) is 0 Å². The van der Waals surface area contributed by atoms with Gasteiger partial charge < -0.3 is 20.1 Å². The van der Waals surface area contributed by atoms with E-state index in [1.807, 2.05) is 18.2 Å². The van der Waals surface area contributed by atoms with Gasteiger partial charge in [-0.15, -0.1) is 0 Å². The van der Waals surface area contributed by atoms with Crippen LogP contribution in [-0.4, -0.2) is 30.1 Å². The number of benzene rings is 1. The highest BCUT2D eigenvalue weighted by Crippen LogP contribution is 2.27. The largest absolute Gasteiger partial charge is 0.493 e. The van der Waals surface area contributed by atoms with Crippen molar-refractivity contribution in [2.45, 2.75) is 6.54 Å². The number of anilines is 2. The Kier molecular flexibility index (Phi) is 5.84. The first-order valence-electron chi connectivity index (χ1n) is 8.32. The Balaban J connectivity index is 1.61. The van der Waals surface area contributed by atoms with Crippen LogP contribution in [0.2, 0.25) is 0 Å². The molecule has 0 saturated heterocycles. The second-order valence-electron chi connectivity index (χ2n) is 5.67. The van der Waals surface area contributed by atoms with E-state index in [0.29, 0.717) is 29.4 Å². The fourth-order valence-electron chi connectivity index (χ4n) is 2.44. The fourth-order valence-corrected chi connectivity index (χ4v) is 2.44. The summed E-state index contributed by atoms with van der Waals surface area (Å²) in [5.74, 6) is 1.25. The van der Waals surface area contributed by atoms with Crippen LogP contribution in [0.3, 0.4) is 0 Å². The van der Waals surface area contributed by atoms with Crippen LogP contribution < -0.4 is 20.1 Å². The van der Waals surface area contributed by atoms with Crippen molar-refractivity contribution in [1.82, 2.24) is 9.97 Å². The second kappa shape index (κ2) is 8.66. The third-order valence-electron chi connectivity index (χ3n) is 3.90. The predicted molar refractivity (Wildman–Crippen MR) is 103 cm³/mol. The van der Waals surface area contributed by atoms with Crippen LogP contribution >= 0.6 is 0 Å². The van der Waals surface area contributed by atoms with Gasteiger partial charge in [0.05, 0.1) is 26.1 Å². The van der Waals surface area contributed by atoms with Crippen LogP contribution in [-0.2, 0) is 6.54 Å². The van der Waals surface area contributed by atoms with Crippen molar-refractivity contribution in [1.29, 1.82) is 0 Å². The molecule has 0 spiro atoms. The number of hydrogen-bond donors (Lipinski definition) is 2. The van der Waals surface area contributed by atoms with Crippen LogP contribution in [0.1, 0.15) is 15.9 Å². The molecule has 0 fully saturated rings. The maximum atomic E-state index is 12.4. The molecule has 0 bridgehead atoms. The van der Waals surface area contributed by atoms with Crippen LogP contribution in [0, 0.1) is 0 Å². The van der Waals surface area contributed by atoms with Gasteiger partial charge in [-0.05, 0) is 48.0 Å². The van der Waals surface area contributed by atoms with E-state index < -0.39 is 0 Å². The van der Waals surface area contributed by atoms with Gasteiger partial charge in [-0.2, -0.15) is 0 Å². The molecular formula is C20H20N4O3. The number of aromatic nitrogens is 2. The van der Waals surface area contributed by atoms with E-state index in [1.165, 1.54) is 7.11 Å². The lowest BCUT2D eigenvalue weighted by molar-refractivity contribution is 0.102. The van der Waals surface area contributed by atoms with Crippen molar-refractivity contribution in [3.05, 3.63) is 72.2 Å². The van der Waals surface area contributed by atoms with E-state index in [4.69, 9.17) is 9.47 Å². The highest BCUT2D eigenvalue weighted by molar-refractivity contribution is 6.04. The lowest BCUT2D eigenvalue weighted by atomic mass is 10.2. The van der Waals surface area contributed by atoms with E-state index in [2.05, 4.69) is 20.6 Å². The molecule has 2 heterocycles. The lowest BCUT2D eigenvalue weighted by Gasteiger charge is -2.10. The van der Waals surface area contributed by atoms with E-state index in [-0.39, 0.29) is 5.91 Å². The van der Waals surface area contributed by atoms with Crippen molar-refractivity contribution < 1.29 is 14.3 Å². The van der Waals surface area contributed by atoms with Crippen LogP contribution in [0.5, 0.6) is 11.5 Å². The zero-order valence-corrected chi connectivity index (χ0v) is 15.1. The number of carbonyl (C=O) groups is 1. The van der Waals surface area contributed by atoms with Crippen molar-refractivity contribution in [2.24, 2.45) is 0 Å². The average Bonchev–Trinajstić information content (AvgIpc) is 2.73. The van der Waals surface area contributed by atoms with E-state index in [1.54, 1.807) is 50.0 Å². The first-order chi connectivity index (χ1) is 13.2. The molecule has 0 aliphatic carbocycles. The van der Waals surface area contributed by atoms with Crippen LogP contribution in [0.25, 0.3) is 0 Å². The van der Waals surface area contributed by atoms with Gasteiger partial charge in [0.25, 0.3) is 5.91 Å². The molecule has 7 heteroatoms. The Labute approximate surface area is 157 Å². The van der Waals surface area contributed by atoms with Crippen molar-refractivity contribution in [3.63, 3.8) is 0 Å². The van der Waals surface area contributed by atoms with Crippen LogP contribution in [0.15, 0.2) is 61.1 Å². The van der Waals surface area contributed by atoms with E-state index in [9.17, 15) is 4.79 Å². The summed E-state index contributed by atoms with van der Waals surface area (Å²) in [4.78, 5) is 20.7. The average molecular weight is 364 g/mol. The number of ether oxygens (including phenoxy) is 2. The van der Waals surface area contributed by atoms with E-state index in [0.717, 1.165) is 11.3 Å². The zero-order chi connectivity index (χ0) is 19.1. The summed E-state index contributed by atoms with van der Waals surface area (Å²) < 4.78 is 10.4. The Bertz CT molecular complexity index is 899. The van der Waals surface area contributed by atoms with Gasteiger partial charge >= 0.3 is 0 Å². The molecule has 2 N–H and O–H groups in total. The number of amides is 1. The fraction of sp³-hybridized carbons (Fsp3) is 0.150. The van der Waals surface area contributed by atoms with Gasteiger partial charge in [0.15, 0.2) is 11.5 Å². The topological polar surface area (TPSA) is 85.4 Å². The Morgan fingerprint density at radius 1 is 1.00 bits per heavy atom. The number of rotatable bonds is 7. The first-order valence-corrected chi connectivity index (χ1v) is 8.32. The SMILES string of the molecule is COc1ccc(C(=O)Nc2ccc(NCc3ccncc3)cn2)cc1OC. The molecule has 0 aliphatic heterocycles. The standard InChI is InChI=1S/C20H20N4O3/c1-26-17-5-3-15(11-18(17)27-2)20(25)24-19-6-4-16(13-23-19)22-12-14-7-9-21-10-8-14/h3-11,13,22H,12H2,1-2H3,(H,23,24,25). The quantitative estimate of drug-likeness (QED) is 0.669. The molecule has 0 aliphatic rings. The number of nitrogens with zero attached hydrogens (tertiary/aromatic N) is 2. The van der Waals surface area contributed by atoms with Gasteiger partial charge in [0, 0.05) is 24.5 Å². The highest BCUT2D eigenvalue weighted by atomic mass is 16.5. The number of nitrogens with one attached hydrogen (secondary N) is 2. The summed E-state index contributed by atoms with van der Waals surface area (Å²) in [7, 11) is 3.07. The van der Waals surface area contributed by atoms with Crippen molar-refractivity contribution >= 4 is 17.4 Å². The minimum atomic E-state index is -0.277. The lowest BCUT2D eigenvalue weighted by Crippen LogP contribution is -2.13. The summed E-state index contributed by atoms with van der Waals surface area (Å²) in [6, 6.07) is 12.5. The molecule has 7 nitrogen and oxygen atoms in total. The van der Waals surface area contributed by atoms with Crippen molar-refractivity contribution in [3.8, 4) is 11.5 Å². The molecule has 1 amide bonds. The summed E-state index contributed by atoms with van der Waals surface area (Å²) in [5, 5.41) is 6.03. The monoisotopic (exact) mass is 364 g/mol. The number of methoxy groups -OCH3 is 2. The molecule has 0 saturated carbocycles. The van der Waals surface area contributed by atoms with E-state index >= 15 is 0 Å². The first kappa shape index (κ1) is 18.2. The molecular weight excluding hydrogens is 344 g/mol. The third-order valence-corrected chi connectivity index (χ3v) is 3.90. The predicted octanol–water partition coefficient (Wildman–Crippen LogP) is 3.36. The third kappa shape index (κ3) is 4.72. The highest BCUT2D eigenvalue weighted by Gasteiger charge is 2.11. The van der Waals surface area contributed by atoms with Gasteiger partial charge in [-0.3, -0.25) is 9.78 Å². The minimum Gasteiger partial charge on any atom is -0.493 e. The maximum absolute atomic E-state index is 12.4. The summed E-state index contributed by atoms with van der Waals surface area (Å²) >= 11 is 0. The number of carbonyl (C=O) groups excluding carboxylic acids is 1. The maximum Gasteiger partial charge on any atom is 0.256 e. The number of hydrogen-bond acceptors (Lipinski definition) is 6. The normalized spacial score (nSPS) is 10.1. The van der Waals surface area contributed by atoms with Crippen molar-refractivity contribution in [2.75, 3.05) is 24.9 Å². The van der Waals surface area contributed by atoms with Gasteiger partial charge in [0.2, 0.25) is 0 Å². The second-order valence-corrected chi connectivity index (χ2v) is 5.67. The van der Waals surface area contributed by atoms with Gasteiger partial charge in [0.1, 0.15) is 5.82 Å². The van der Waals surface area contributed by atoms with Crippen LogP contribution in [0.4, 0.5) is 11.5 Å². The molecule has 0 atom stereocenters. The molecule has 0 unspecified atom stereocenters. The number of pyridine rings is 2. The minimum absolute atomic E-state index is 0.277.